The Labute approximate surface area is 82.9 Å². The Morgan fingerprint density at radius 3 is 1.71 bits per heavy atom. The second-order valence-electron chi connectivity index (χ2n) is 3.92. The van der Waals surface area contributed by atoms with E-state index in [1.54, 1.807) is 0 Å². The monoisotopic (exact) mass is 200 g/mol. The SMILES string of the molecule is O=C(N1CCCC1O)N1CCCC1O. The van der Waals surface area contributed by atoms with Gasteiger partial charge in [-0.3, -0.25) is 9.80 Å². The molecule has 2 heterocycles. The molecule has 14 heavy (non-hydrogen) atoms. The van der Waals surface area contributed by atoms with Crippen LogP contribution >= 0.6 is 0 Å². The predicted octanol–water partition coefficient (Wildman–Crippen LogP) is -0.0652. The molecule has 2 aliphatic rings. The Morgan fingerprint density at radius 1 is 1.00 bits per heavy atom. The molecule has 0 bridgehead atoms. The molecule has 0 radical (unpaired) electrons. The van der Waals surface area contributed by atoms with Crippen molar-refractivity contribution in [3.05, 3.63) is 0 Å². The third-order valence-corrected chi connectivity index (χ3v) is 2.93. The normalized spacial score (nSPS) is 32.7. The topological polar surface area (TPSA) is 64.0 Å². The Kier molecular flexibility index (Phi) is 2.60. The molecule has 2 unspecified atom stereocenters. The van der Waals surface area contributed by atoms with Crippen molar-refractivity contribution < 1.29 is 15.0 Å². The lowest BCUT2D eigenvalue weighted by Gasteiger charge is -2.28. The molecule has 0 aromatic heterocycles. The molecular formula is C9H16N2O3. The summed E-state index contributed by atoms with van der Waals surface area (Å²) in [6, 6.07) is -0.222. The average molecular weight is 200 g/mol. The summed E-state index contributed by atoms with van der Waals surface area (Å²) in [6.07, 6.45) is 1.67. The van der Waals surface area contributed by atoms with E-state index in [2.05, 4.69) is 0 Å². The highest BCUT2D eigenvalue weighted by Crippen LogP contribution is 2.21. The van der Waals surface area contributed by atoms with E-state index in [-0.39, 0.29) is 6.03 Å². The van der Waals surface area contributed by atoms with Crippen molar-refractivity contribution in [3.8, 4) is 0 Å². The average Bonchev–Trinajstić information content (AvgIpc) is 2.73. The van der Waals surface area contributed by atoms with Crippen molar-refractivity contribution in [2.24, 2.45) is 0 Å². The first-order valence-corrected chi connectivity index (χ1v) is 5.13. The number of hydrogen-bond acceptors (Lipinski definition) is 3. The first-order chi connectivity index (χ1) is 6.70. The fourth-order valence-corrected chi connectivity index (χ4v) is 2.11. The maximum atomic E-state index is 11.8. The molecule has 2 fully saturated rings. The van der Waals surface area contributed by atoms with Gasteiger partial charge in [-0.15, -0.1) is 0 Å². The van der Waals surface area contributed by atoms with Crippen LogP contribution in [0.4, 0.5) is 4.79 Å². The van der Waals surface area contributed by atoms with Gasteiger partial charge in [-0.2, -0.15) is 0 Å². The molecule has 0 aromatic rings. The number of amides is 2. The van der Waals surface area contributed by atoms with E-state index >= 15 is 0 Å². The van der Waals surface area contributed by atoms with Gasteiger partial charge in [0.1, 0.15) is 12.5 Å². The van der Waals surface area contributed by atoms with Crippen molar-refractivity contribution in [1.82, 2.24) is 9.80 Å². The van der Waals surface area contributed by atoms with E-state index in [0.29, 0.717) is 25.9 Å². The Morgan fingerprint density at radius 2 is 1.43 bits per heavy atom. The van der Waals surface area contributed by atoms with Gasteiger partial charge in [-0.1, -0.05) is 0 Å². The number of rotatable bonds is 0. The van der Waals surface area contributed by atoms with Crippen LogP contribution < -0.4 is 0 Å². The zero-order chi connectivity index (χ0) is 10.1. The predicted molar refractivity (Wildman–Crippen MR) is 49.3 cm³/mol. The molecule has 2 N–H and O–H groups in total. The van der Waals surface area contributed by atoms with Crippen LogP contribution in [0.2, 0.25) is 0 Å². The summed E-state index contributed by atoms with van der Waals surface area (Å²) in [5.41, 5.74) is 0. The number of likely N-dealkylation sites (tertiary alicyclic amines) is 2. The third kappa shape index (κ3) is 1.57. The van der Waals surface area contributed by atoms with Gasteiger partial charge < -0.3 is 10.2 Å². The van der Waals surface area contributed by atoms with E-state index in [0.717, 1.165) is 12.8 Å². The second-order valence-corrected chi connectivity index (χ2v) is 3.92. The van der Waals surface area contributed by atoms with E-state index in [1.807, 2.05) is 0 Å². The Bertz CT molecular complexity index is 212. The third-order valence-electron chi connectivity index (χ3n) is 2.93. The van der Waals surface area contributed by atoms with Gasteiger partial charge in [-0.05, 0) is 25.7 Å². The minimum atomic E-state index is -0.657. The lowest BCUT2D eigenvalue weighted by atomic mass is 10.4. The molecule has 2 amide bonds. The molecule has 0 aromatic carbocycles. The number of aliphatic hydroxyl groups is 2. The summed E-state index contributed by atoms with van der Waals surface area (Å²) in [5.74, 6) is 0. The zero-order valence-electron chi connectivity index (χ0n) is 8.09. The van der Waals surface area contributed by atoms with E-state index in [1.165, 1.54) is 9.80 Å². The minimum absolute atomic E-state index is 0.222. The lowest BCUT2D eigenvalue weighted by Crippen LogP contribution is -2.47. The second kappa shape index (κ2) is 3.74. The van der Waals surface area contributed by atoms with E-state index in [9.17, 15) is 15.0 Å². The van der Waals surface area contributed by atoms with Crippen molar-refractivity contribution >= 4 is 6.03 Å². The van der Waals surface area contributed by atoms with Crippen LogP contribution in [0.3, 0.4) is 0 Å². The van der Waals surface area contributed by atoms with Crippen LogP contribution in [-0.4, -0.2) is 51.6 Å². The van der Waals surface area contributed by atoms with Gasteiger partial charge in [-0.25, -0.2) is 4.79 Å². The van der Waals surface area contributed by atoms with Crippen LogP contribution in [0.5, 0.6) is 0 Å². The van der Waals surface area contributed by atoms with Gasteiger partial charge in [0, 0.05) is 13.1 Å². The highest BCUT2D eigenvalue weighted by atomic mass is 16.3. The summed E-state index contributed by atoms with van der Waals surface area (Å²) in [4.78, 5) is 14.7. The molecule has 0 saturated carbocycles. The summed E-state index contributed by atoms with van der Waals surface area (Å²) in [5, 5.41) is 19.0. The van der Waals surface area contributed by atoms with Gasteiger partial charge >= 0.3 is 6.03 Å². The molecular weight excluding hydrogens is 184 g/mol. The number of hydrogen-bond donors (Lipinski definition) is 2. The number of carbonyl (C=O) groups is 1. The van der Waals surface area contributed by atoms with Crippen LogP contribution in [0.1, 0.15) is 25.7 Å². The number of aliphatic hydroxyl groups excluding tert-OH is 2. The highest BCUT2D eigenvalue weighted by molar-refractivity contribution is 5.75. The first-order valence-electron chi connectivity index (χ1n) is 5.13. The van der Waals surface area contributed by atoms with Gasteiger partial charge in [0.25, 0.3) is 0 Å². The van der Waals surface area contributed by atoms with Crippen LogP contribution in [0.15, 0.2) is 0 Å². The van der Waals surface area contributed by atoms with Gasteiger partial charge in [0.2, 0.25) is 0 Å². The molecule has 0 spiro atoms. The number of nitrogens with zero attached hydrogens (tertiary/aromatic N) is 2. The van der Waals surface area contributed by atoms with Crippen LogP contribution in [-0.2, 0) is 0 Å². The van der Waals surface area contributed by atoms with Crippen LogP contribution in [0, 0.1) is 0 Å². The molecule has 5 nitrogen and oxygen atoms in total. The Balaban J connectivity index is 2.00. The first kappa shape index (κ1) is 9.73. The lowest BCUT2D eigenvalue weighted by molar-refractivity contribution is 0.0128. The van der Waals surface area contributed by atoms with Gasteiger partial charge in [0.05, 0.1) is 0 Å². The standard InChI is InChI=1S/C9H16N2O3/c12-7-3-1-5-10(7)9(14)11-6-2-4-8(11)13/h7-8,12-13H,1-6H2. The zero-order valence-corrected chi connectivity index (χ0v) is 8.09. The Hall–Kier alpha value is -0.810. The highest BCUT2D eigenvalue weighted by Gasteiger charge is 2.34. The van der Waals surface area contributed by atoms with E-state index < -0.39 is 12.5 Å². The molecule has 0 aliphatic carbocycles. The van der Waals surface area contributed by atoms with Crippen molar-refractivity contribution in [1.29, 1.82) is 0 Å². The maximum absolute atomic E-state index is 11.8. The molecule has 2 rings (SSSR count). The molecule has 2 aliphatic heterocycles. The van der Waals surface area contributed by atoms with Crippen molar-refractivity contribution in [2.45, 2.75) is 38.1 Å². The number of carbonyl (C=O) groups excluding carboxylic acids is 1. The number of urea groups is 1. The largest absolute Gasteiger partial charge is 0.373 e. The van der Waals surface area contributed by atoms with Crippen molar-refractivity contribution in [2.75, 3.05) is 13.1 Å². The summed E-state index contributed by atoms with van der Waals surface area (Å²) in [7, 11) is 0. The fraction of sp³-hybridized carbons (Fsp3) is 0.889. The minimum Gasteiger partial charge on any atom is -0.373 e. The van der Waals surface area contributed by atoms with Crippen molar-refractivity contribution in [3.63, 3.8) is 0 Å². The summed E-state index contributed by atoms with van der Waals surface area (Å²) < 4.78 is 0. The van der Waals surface area contributed by atoms with Gasteiger partial charge in [0.15, 0.2) is 0 Å². The maximum Gasteiger partial charge on any atom is 0.324 e. The molecule has 80 valence electrons. The summed E-state index contributed by atoms with van der Waals surface area (Å²) >= 11 is 0. The van der Waals surface area contributed by atoms with E-state index in [4.69, 9.17) is 0 Å². The summed E-state index contributed by atoms with van der Waals surface area (Å²) in [6.45, 7) is 1.20. The quantitative estimate of drug-likeness (QED) is 0.575. The molecule has 5 heteroatoms. The fourth-order valence-electron chi connectivity index (χ4n) is 2.11. The molecule has 2 saturated heterocycles. The molecule has 2 atom stereocenters. The smallest absolute Gasteiger partial charge is 0.324 e. The van der Waals surface area contributed by atoms with Crippen LogP contribution in [0.25, 0.3) is 0 Å².